The molecule has 0 saturated heterocycles. The molecule has 2 aromatic carbocycles. The summed E-state index contributed by atoms with van der Waals surface area (Å²) in [5, 5.41) is 21.0. The van der Waals surface area contributed by atoms with Crippen LogP contribution < -0.4 is 11.5 Å². The van der Waals surface area contributed by atoms with Crippen molar-refractivity contribution in [2.24, 2.45) is 0 Å². The first kappa shape index (κ1) is 24.8. The first-order valence-electron chi connectivity index (χ1n) is 11.7. The molecule has 4 N–H and O–H groups in total. The lowest BCUT2D eigenvalue weighted by Crippen LogP contribution is -2.08. The molecule has 40 heavy (non-hydrogen) atoms. The zero-order valence-electron chi connectivity index (χ0n) is 20.4. The molecule has 0 unspecified atom stereocenters. The van der Waals surface area contributed by atoms with Gasteiger partial charge in [-0.15, -0.1) is 0 Å². The maximum atomic E-state index is 14.0. The fourth-order valence-corrected chi connectivity index (χ4v) is 6.18. The number of thiazole rings is 2. The highest BCUT2D eigenvalue weighted by Crippen LogP contribution is 2.42. The molecule has 192 valence electrons. The molecule has 4 heterocycles. The SMILES string of the molecule is N#Cc1c(C(=O)c2cccc(-c3sc(N)nc3-c3ccco3)c2C#N)cccc1-c1sc(N)nc1-c1ccco1. The number of anilines is 2. The second-order valence-corrected chi connectivity index (χ2v) is 10.5. The second-order valence-electron chi connectivity index (χ2n) is 8.42. The molecular weight excluding hydrogens is 544 g/mol. The van der Waals surface area contributed by atoms with Crippen molar-refractivity contribution in [3.63, 3.8) is 0 Å². The summed E-state index contributed by atoms with van der Waals surface area (Å²) >= 11 is 2.37. The molecule has 11 heteroatoms. The van der Waals surface area contributed by atoms with E-state index in [4.69, 9.17) is 20.3 Å². The normalized spacial score (nSPS) is 10.8. The van der Waals surface area contributed by atoms with Crippen LogP contribution in [0.5, 0.6) is 0 Å². The van der Waals surface area contributed by atoms with Crippen LogP contribution in [0.2, 0.25) is 0 Å². The quantitative estimate of drug-likeness (QED) is 0.213. The third kappa shape index (κ3) is 4.12. The van der Waals surface area contributed by atoms with Crippen LogP contribution in [0.15, 0.2) is 82.0 Å². The van der Waals surface area contributed by atoms with Crippen LogP contribution >= 0.6 is 22.7 Å². The smallest absolute Gasteiger partial charge is 0.195 e. The van der Waals surface area contributed by atoms with Gasteiger partial charge in [-0.05, 0) is 36.4 Å². The molecule has 0 atom stereocenters. The topological polar surface area (TPSA) is 169 Å². The lowest BCUT2D eigenvalue weighted by Gasteiger charge is -2.11. The molecular formula is C29H16N6O3S2. The highest BCUT2D eigenvalue weighted by Gasteiger charge is 2.26. The highest BCUT2D eigenvalue weighted by atomic mass is 32.1. The average Bonchev–Trinajstić information content (AvgIpc) is 3.78. The number of nitrogen functional groups attached to an aromatic ring is 2. The maximum absolute atomic E-state index is 14.0. The van der Waals surface area contributed by atoms with E-state index in [0.717, 1.165) is 0 Å². The number of benzene rings is 2. The molecule has 0 aliphatic rings. The number of rotatable bonds is 6. The van der Waals surface area contributed by atoms with Crippen LogP contribution in [-0.4, -0.2) is 15.8 Å². The Kier molecular flexibility index (Phi) is 6.21. The van der Waals surface area contributed by atoms with Crippen LogP contribution in [0, 0.1) is 22.7 Å². The Labute approximate surface area is 235 Å². The number of carbonyl (C=O) groups is 1. The minimum Gasteiger partial charge on any atom is -0.463 e. The van der Waals surface area contributed by atoms with Gasteiger partial charge in [-0.2, -0.15) is 10.5 Å². The van der Waals surface area contributed by atoms with E-state index in [1.54, 1.807) is 60.7 Å². The van der Waals surface area contributed by atoms with Gasteiger partial charge in [0.25, 0.3) is 0 Å². The van der Waals surface area contributed by atoms with E-state index in [-0.39, 0.29) is 32.5 Å². The monoisotopic (exact) mass is 560 g/mol. The summed E-state index contributed by atoms with van der Waals surface area (Å²) in [6.07, 6.45) is 3.04. The number of nitrogens with zero attached hydrogens (tertiary/aromatic N) is 4. The van der Waals surface area contributed by atoms with E-state index in [2.05, 4.69) is 22.1 Å². The lowest BCUT2D eigenvalue weighted by atomic mass is 9.90. The largest absolute Gasteiger partial charge is 0.463 e. The van der Waals surface area contributed by atoms with Gasteiger partial charge in [0.05, 0.1) is 33.4 Å². The van der Waals surface area contributed by atoms with Gasteiger partial charge < -0.3 is 20.3 Å². The van der Waals surface area contributed by atoms with Gasteiger partial charge in [-0.1, -0.05) is 46.9 Å². The number of carbonyl (C=O) groups excluding carboxylic acids is 1. The maximum Gasteiger partial charge on any atom is 0.195 e. The Hall–Kier alpha value is -5.49. The van der Waals surface area contributed by atoms with Crippen LogP contribution in [0.4, 0.5) is 10.3 Å². The third-order valence-electron chi connectivity index (χ3n) is 6.13. The molecule has 0 aliphatic carbocycles. The van der Waals surface area contributed by atoms with Gasteiger partial charge in [0.2, 0.25) is 0 Å². The van der Waals surface area contributed by atoms with E-state index in [0.29, 0.717) is 43.8 Å². The van der Waals surface area contributed by atoms with Gasteiger partial charge in [-0.25, -0.2) is 9.97 Å². The van der Waals surface area contributed by atoms with Crippen molar-refractivity contribution < 1.29 is 13.6 Å². The summed E-state index contributed by atoms with van der Waals surface area (Å²) in [4.78, 5) is 24.0. The van der Waals surface area contributed by atoms with E-state index < -0.39 is 5.78 Å². The van der Waals surface area contributed by atoms with E-state index in [9.17, 15) is 15.3 Å². The molecule has 4 aromatic heterocycles. The van der Waals surface area contributed by atoms with Gasteiger partial charge in [0.15, 0.2) is 27.6 Å². The number of hydrogen-bond donors (Lipinski definition) is 2. The minimum atomic E-state index is -0.481. The Morgan fingerprint density at radius 2 is 1.15 bits per heavy atom. The van der Waals surface area contributed by atoms with Gasteiger partial charge in [-0.3, -0.25) is 4.79 Å². The average molecular weight is 561 g/mol. The predicted molar refractivity (Wildman–Crippen MR) is 152 cm³/mol. The first-order valence-corrected chi connectivity index (χ1v) is 13.4. The summed E-state index contributed by atoms with van der Waals surface area (Å²) in [6.45, 7) is 0. The minimum absolute atomic E-state index is 0.136. The van der Waals surface area contributed by atoms with Gasteiger partial charge in [0, 0.05) is 22.3 Å². The van der Waals surface area contributed by atoms with E-state index >= 15 is 0 Å². The van der Waals surface area contributed by atoms with Crippen LogP contribution in [-0.2, 0) is 0 Å². The number of nitrogens with two attached hydrogens (primary N) is 2. The van der Waals surface area contributed by atoms with Crippen LogP contribution in [0.3, 0.4) is 0 Å². The standard InChI is InChI=1S/C29H16N6O3S2/c30-13-19-15(5-1-7-17(19)26-23(34-28(32)39-26)21-9-3-11-37-21)25(36)16-6-2-8-18(20(16)14-31)27-24(35-29(33)40-27)22-10-4-12-38-22/h1-12H,(H2,32,34)(H2,33,35). The molecule has 0 fully saturated rings. The molecule has 6 rings (SSSR count). The van der Waals surface area contributed by atoms with Crippen LogP contribution in [0.25, 0.3) is 43.8 Å². The van der Waals surface area contributed by atoms with Crippen molar-refractivity contribution in [1.29, 1.82) is 10.5 Å². The van der Waals surface area contributed by atoms with Crippen molar-refractivity contribution >= 4 is 38.7 Å². The third-order valence-corrected chi connectivity index (χ3v) is 7.96. The molecule has 0 radical (unpaired) electrons. The first-order chi connectivity index (χ1) is 19.5. The summed E-state index contributed by atoms with van der Waals surface area (Å²) in [7, 11) is 0. The van der Waals surface area contributed by atoms with Crippen molar-refractivity contribution in [3.8, 4) is 55.9 Å². The molecule has 0 amide bonds. The Morgan fingerprint density at radius 1 is 0.700 bits per heavy atom. The van der Waals surface area contributed by atoms with Gasteiger partial charge >= 0.3 is 0 Å². The molecule has 0 bridgehead atoms. The zero-order valence-corrected chi connectivity index (χ0v) is 22.0. The molecule has 6 aromatic rings. The number of hydrogen-bond acceptors (Lipinski definition) is 11. The number of furan rings is 2. The fourth-order valence-electron chi connectivity index (χ4n) is 4.45. The Balaban J connectivity index is 1.50. The number of ketones is 1. The number of aromatic nitrogens is 2. The summed E-state index contributed by atoms with van der Waals surface area (Å²) in [5.74, 6) is 0.490. The van der Waals surface area contributed by atoms with Crippen molar-refractivity contribution in [2.45, 2.75) is 0 Å². The van der Waals surface area contributed by atoms with Crippen molar-refractivity contribution in [1.82, 2.24) is 9.97 Å². The fraction of sp³-hybridized carbons (Fsp3) is 0. The van der Waals surface area contributed by atoms with Crippen molar-refractivity contribution in [3.05, 3.63) is 95.4 Å². The van der Waals surface area contributed by atoms with Crippen LogP contribution in [0.1, 0.15) is 27.0 Å². The molecule has 0 saturated carbocycles. The van der Waals surface area contributed by atoms with Crippen molar-refractivity contribution in [2.75, 3.05) is 11.5 Å². The lowest BCUT2D eigenvalue weighted by molar-refractivity contribution is 0.103. The zero-order chi connectivity index (χ0) is 27.8. The van der Waals surface area contributed by atoms with E-state index in [1.807, 2.05) is 0 Å². The van der Waals surface area contributed by atoms with Gasteiger partial charge in [0.1, 0.15) is 23.5 Å². The Bertz CT molecular complexity index is 1830. The summed E-state index contributed by atoms with van der Waals surface area (Å²) in [6, 6.07) is 21.2. The summed E-state index contributed by atoms with van der Waals surface area (Å²) < 4.78 is 11.0. The number of nitriles is 2. The Morgan fingerprint density at radius 3 is 1.52 bits per heavy atom. The molecule has 0 spiro atoms. The molecule has 0 aliphatic heterocycles. The second kappa shape index (κ2) is 10.0. The highest BCUT2D eigenvalue weighted by molar-refractivity contribution is 7.19. The summed E-state index contributed by atoms with van der Waals surface area (Å²) in [5.41, 5.74) is 14.5. The predicted octanol–water partition coefficient (Wildman–Crippen LogP) is 6.59. The molecule has 9 nitrogen and oxygen atoms in total. The van der Waals surface area contributed by atoms with E-state index in [1.165, 1.54) is 35.2 Å².